The third-order valence-corrected chi connectivity index (χ3v) is 3.37. The molecule has 3 rings (SSSR count). The fraction of sp³-hybridized carbons (Fsp3) is 0.250. The summed E-state index contributed by atoms with van der Waals surface area (Å²) in [7, 11) is 0. The Morgan fingerprint density at radius 2 is 1.95 bits per heavy atom. The Kier molecular flexibility index (Phi) is 3.54. The van der Waals surface area contributed by atoms with E-state index in [0.29, 0.717) is 0 Å². The van der Waals surface area contributed by atoms with Crippen molar-refractivity contribution in [2.24, 2.45) is 4.99 Å². The van der Waals surface area contributed by atoms with Gasteiger partial charge in [-0.15, -0.1) is 0 Å². The van der Waals surface area contributed by atoms with Gasteiger partial charge in [-0.3, -0.25) is 9.98 Å². The second-order valence-electron chi connectivity index (χ2n) is 4.67. The minimum Gasteiger partial charge on any atom is -0.361 e. The standard InChI is InChI=1S/C16H17N3/c1-2-5-14(6-3-1)15-7-4-9-18-16(15)8-11-19-12-10-17-13-19/h1-7,9,13H,8,10-12H2. The third kappa shape index (κ3) is 2.81. The van der Waals surface area contributed by atoms with Crippen molar-refractivity contribution in [3.05, 3.63) is 54.4 Å². The molecule has 19 heavy (non-hydrogen) atoms. The third-order valence-electron chi connectivity index (χ3n) is 3.37. The predicted molar refractivity (Wildman–Crippen MR) is 78.3 cm³/mol. The van der Waals surface area contributed by atoms with Crippen LogP contribution in [0.4, 0.5) is 0 Å². The van der Waals surface area contributed by atoms with Crippen molar-refractivity contribution in [1.82, 2.24) is 9.88 Å². The summed E-state index contributed by atoms with van der Waals surface area (Å²) >= 11 is 0. The summed E-state index contributed by atoms with van der Waals surface area (Å²) in [6.07, 6.45) is 4.78. The van der Waals surface area contributed by atoms with Crippen LogP contribution in [0.1, 0.15) is 5.69 Å². The van der Waals surface area contributed by atoms with E-state index < -0.39 is 0 Å². The Morgan fingerprint density at radius 3 is 2.74 bits per heavy atom. The van der Waals surface area contributed by atoms with Crippen LogP contribution in [0.25, 0.3) is 11.1 Å². The summed E-state index contributed by atoms with van der Waals surface area (Å²) in [6, 6.07) is 14.6. The van der Waals surface area contributed by atoms with Gasteiger partial charge in [0.2, 0.25) is 0 Å². The van der Waals surface area contributed by atoms with E-state index in [1.54, 1.807) is 0 Å². The van der Waals surface area contributed by atoms with E-state index in [4.69, 9.17) is 0 Å². The van der Waals surface area contributed by atoms with Crippen LogP contribution < -0.4 is 0 Å². The molecule has 1 aliphatic heterocycles. The molecule has 0 unspecified atom stereocenters. The molecule has 1 aromatic carbocycles. The maximum absolute atomic E-state index is 4.54. The SMILES string of the molecule is C1=NCCN1CCc1ncccc1-c1ccccc1. The highest BCUT2D eigenvalue weighted by Gasteiger charge is 2.09. The average molecular weight is 251 g/mol. The van der Waals surface area contributed by atoms with Gasteiger partial charge in [-0.05, 0) is 11.6 Å². The average Bonchev–Trinajstić information content (AvgIpc) is 3.00. The van der Waals surface area contributed by atoms with Gasteiger partial charge in [0, 0.05) is 37.0 Å². The maximum Gasteiger partial charge on any atom is 0.0851 e. The minimum absolute atomic E-state index is 0.924. The molecule has 0 spiro atoms. The lowest BCUT2D eigenvalue weighted by Gasteiger charge is -2.14. The minimum atomic E-state index is 0.924. The lowest BCUT2D eigenvalue weighted by molar-refractivity contribution is 0.469. The number of benzene rings is 1. The van der Waals surface area contributed by atoms with E-state index in [2.05, 4.69) is 45.2 Å². The van der Waals surface area contributed by atoms with E-state index in [1.165, 1.54) is 11.1 Å². The number of aromatic nitrogens is 1. The fourth-order valence-electron chi connectivity index (χ4n) is 2.35. The fourth-order valence-corrected chi connectivity index (χ4v) is 2.35. The Balaban J connectivity index is 1.79. The Bertz CT molecular complexity index is 563. The molecular formula is C16H17N3. The quantitative estimate of drug-likeness (QED) is 0.835. The summed E-state index contributed by atoms with van der Waals surface area (Å²) in [5.74, 6) is 0. The molecule has 96 valence electrons. The first-order valence-electron chi connectivity index (χ1n) is 6.67. The molecule has 1 aliphatic rings. The Morgan fingerprint density at radius 1 is 1.05 bits per heavy atom. The van der Waals surface area contributed by atoms with E-state index in [0.717, 1.165) is 31.7 Å². The van der Waals surface area contributed by atoms with Gasteiger partial charge in [-0.25, -0.2) is 0 Å². The van der Waals surface area contributed by atoms with Crippen molar-refractivity contribution in [3.8, 4) is 11.1 Å². The molecule has 2 aromatic rings. The first-order chi connectivity index (χ1) is 9.43. The van der Waals surface area contributed by atoms with E-state index >= 15 is 0 Å². The number of rotatable bonds is 4. The van der Waals surface area contributed by atoms with E-state index in [1.807, 2.05) is 24.7 Å². The van der Waals surface area contributed by atoms with Crippen LogP contribution in [0.15, 0.2) is 53.7 Å². The summed E-state index contributed by atoms with van der Waals surface area (Å²) < 4.78 is 0. The second kappa shape index (κ2) is 5.65. The Hall–Kier alpha value is -2.16. The van der Waals surface area contributed by atoms with Crippen LogP contribution in [0, 0.1) is 0 Å². The van der Waals surface area contributed by atoms with Gasteiger partial charge < -0.3 is 4.90 Å². The predicted octanol–water partition coefficient (Wildman–Crippen LogP) is 2.64. The Labute approximate surface area is 113 Å². The zero-order valence-corrected chi connectivity index (χ0v) is 10.9. The van der Waals surface area contributed by atoms with Crippen LogP contribution in [0.5, 0.6) is 0 Å². The molecule has 1 aromatic heterocycles. The lowest BCUT2D eigenvalue weighted by atomic mass is 10.0. The number of pyridine rings is 1. The molecular weight excluding hydrogens is 234 g/mol. The second-order valence-corrected chi connectivity index (χ2v) is 4.67. The first kappa shape index (κ1) is 11.9. The van der Waals surface area contributed by atoms with Crippen LogP contribution >= 0.6 is 0 Å². The molecule has 2 heterocycles. The number of aliphatic imine (C=N–C) groups is 1. The highest BCUT2D eigenvalue weighted by molar-refractivity contribution is 5.65. The molecule has 0 aliphatic carbocycles. The number of hydrogen-bond donors (Lipinski definition) is 0. The molecule has 0 atom stereocenters. The summed E-state index contributed by atoms with van der Waals surface area (Å²) in [5, 5.41) is 0. The smallest absolute Gasteiger partial charge is 0.0851 e. The highest BCUT2D eigenvalue weighted by atomic mass is 15.2. The zero-order chi connectivity index (χ0) is 12.9. The molecule has 3 heteroatoms. The largest absolute Gasteiger partial charge is 0.361 e. The van der Waals surface area contributed by atoms with Crippen LogP contribution in [-0.2, 0) is 6.42 Å². The highest BCUT2D eigenvalue weighted by Crippen LogP contribution is 2.22. The van der Waals surface area contributed by atoms with Crippen molar-refractivity contribution in [3.63, 3.8) is 0 Å². The van der Waals surface area contributed by atoms with Crippen molar-refractivity contribution < 1.29 is 0 Å². The zero-order valence-electron chi connectivity index (χ0n) is 10.9. The lowest BCUT2D eigenvalue weighted by Crippen LogP contribution is -2.22. The molecule has 0 fully saturated rings. The van der Waals surface area contributed by atoms with Crippen molar-refractivity contribution in [2.75, 3.05) is 19.6 Å². The van der Waals surface area contributed by atoms with Crippen molar-refractivity contribution >= 4 is 6.34 Å². The van der Waals surface area contributed by atoms with Gasteiger partial charge in [0.15, 0.2) is 0 Å². The topological polar surface area (TPSA) is 28.5 Å². The molecule has 0 saturated heterocycles. The number of hydrogen-bond acceptors (Lipinski definition) is 3. The van der Waals surface area contributed by atoms with Crippen LogP contribution in [0.3, 0.4) is 0 Å². The maximum atomic E-state index is 4.54. The van der Waals surface area contributed by atoms with E-state index in [-0.39, 0.29) is 0 Å². The molecule has 0 N–H and O–H groups in total. The summed E-state index contributed by atoms with van der Waals surface area (Å²) in [6.45, 7) is 2.95. The van der Waals surface area contributed by atoms with Gasteiger partial charge in [-0.2, -0.15) is 0 Å². The first-order valence-corrected chi connectivity index (χ1v) is 6.67. The van der Waals surface area contributed by atoms with Gasteiger partial charge in [0.25, 0.3) is 0 Å². The van der Waals surface area contributed by atoms with Crippen molar-refractivity contribution in [2.45, 2.75) is 6.42 Å². The van der Waals surface area contributed by atoms with Gasteiger partial charge in [-0.1, -0.05) is 36.4 Å². The summed E-state index contributed by atoms with van der Waals surface area (Å²) in [4.78, 5) is 11.0. The molecule has 3 nitrogen and oxygen atoms in total. The molecule has 0 radical (unpaired) electrons. The molecule has 0 amide bonds. The summed E-state index contributed by atoms with van der Waals surface area (Å²) in [5.41, 5.74) is 3.63. The molecule has 0 bridgehead atoms. The molecule has 0 saturated carbocycles. The van der Waals surface area contributed by atoms with Crippen molar-refractivity contribution in [1.29, 1.82) is 0 Å². The van der Waals surface area contributed by atoms with Crippen LogP contribution in [0.2, 0.25) is 0 Å². The van der Waals surface area contributed by atoms with Gasteiger partial charge in [0.05, 0.1) is 12.9 Å². The normalized spacial score (nSPS) is 14.0. The monoisotopic (exact) mass is 251 g/mol. The van der Waals surface area contributed by atoms with Gasteiger partial charge in [0.1, 0.15) is 0 Å². The van der Waals surface area contributed by atoms with Crippen LogP contribution in [-0.4, -0.2) is 35.9 Å². The van der Waals surface area contributed by atoms with E-state index in [9.17, 15) is 0 Å². The number of nitrogens with zero attached hydrogens (tertiary/aromatic N) is 3. The van der Waals surface area contributed by atoms with Gasteiger partial charge >= 0.3 is 0 Å².